The second-order valence-corrected chi connectivity index (χ2v) is 4.93. The van der Waals surface area contributed by atoms with Gasteiger partial charge in [-0.2, -0.15) is 5.26 Å². The Morgan fingerprint density at radius 3 is 3.20 bits per heavy atom. The highest BCUT2D eigenvalue weighted by Crippen LogP contribution is 2.27. The molecule has 1 aliphatic heterocycles. The number of nitrogens with zero attached hydrogens (tertiary/aromatic N) is 1. The van der Waals surface area contributed by atoms with Gasteiger partial charge in [0.15, 0.2) is 0 Å². The first-order valence-corrected chi connectivity index (χ1v) is 6.25. The molecule has 1 atom stereocenters. The van der Waals surface area contributed by atoms with E-state index in [0.29, 0.717) is 12.3 Å². The second kappa shape index (κ2) is 4.45. The smallest absolute Gasteiger partial charge is 0.0959 e. The zero-order chi connectivity index (χ0) is 10.7. The van der Waals surface area contributed by atoms with E-state index in [0.717, 1.165) is 23.4 Å². The molecule has 0 bridgehead atoms. The summed E-state index contributed by atoms with van der Waals surface area (Å²) < 4.78 is 11.5. The number of benzene rings is 1. The average Bonchev–Trinajstić information content (AvgIpc) is 2.61. The Morgan fingerprint density at radius 2 is 2.40 bits per heavy atom. The number of nitrogens with one attached hydrogen (secondary N) is 1. The first kappa shape index (κ1) is 10.2. The van der Waals surface area contributed by atoms with Crippen LogP contribution < -0.4 is 5.32 Å². The molecule has 1 unspecified atom stereocenters. The molecule has 0 fully saturated rings. The van der Waals surface area contributed by atoms with E-state index < -0.39 is 10.8 Å². The Bertz CT molecular complexity index is 437. The molecule has 0 aliphatic carbocycles. The SMILES string of the molecule is N#CCCCc1ccc2c(c1)S(=O)CN2. The van der Waals surface area contributed by atoms with Crippen molar-refractivity contribution in [2.45, 2.75) is 24.2 Å². The summed E-state index contributed by atoms with van der Waals surface area (Å²) >= 11 is 0. The minimum atomic E-state index is -0.892. The van der Waals surface area contributed by atoms with Crippen molar-refractivity contribution in [3.8, 4) is 6.07 Å². The van der Waals surface area contributed by atoms with Gasteiger partial charge in [-0.15, -0.1) is 0 Å². The van der Waals surface area contributed by atoms with E-state index in [1.54, 1.807) is 0 Å². The van der Waals surface area contributed by atoms with Gasteiger partial charge in [0, 0.05) is 6.42 Å². The van der Waals surface area contributed by atoms with Crippen LogP contribution in [-0.2, 0) is 17.2 Å². The van der Waals surface area contributed by atoms with Crippen LogP contribution in [0.2, 0.25) is 0 Å². The fraction of sp³-hybridized carbons (Fsp3) is 0.364. The van der Waals surface area contributed by atoms with Crippen molar-refractivity contribution in [3.63, 3.8) is 0 Å². The predicted molar refractivity (Wildman–Crippen MR) is 59.9 cm³/mol. The molecule has 15 heavy (non-hydrogen) atoms. The van der Waals surface area contributed by atoms with Crippen LogP contribution in [0.1, 0.15) is 18.4 Å². The lowest BCUT2D eigenvalue weighted by Crippen LogP contribution is -1.94. The van der Waals surface area contributed by atoms with E-state index in [1.165, 1.54) is 5.56 Å². The lowest BCUT2D eigenvalue weighted by Gasteiger charge is -2.02. The van der Waals surface area contributed by atoms with E-state index in [9.17, 15) is 4.21 Å². The Balaban J connectivity index is 2.12. The number of hydrogen-bond acceptors (Lipinski definition) is 3. The van der Waals surface area contributed by atoms with Crippen LogP contribution in [0.3, 0.4) is 0 Å². The molecule has 0 aromatic heterocycles. The van der Waals surface area contributed by atoms with Gasteiger partial charge in [-0.05, 0) is 30.5 Å². The van der Waals surface area contributed by atoms with Gasteiger partial charge in [-0.25, -0.2) is 0 Å². The standard InChI is InChI=1S/C11H12N2OS/c12-6-2-1-3-9-4-5-10-11(7-9)15(14)8-13-10/h4-5,7,13H,1-3,8H2. The molecule has 78 valence electrons. The third-order valence-electron chi connectivity index (χ3n) is 2.44. The predicted octanol–water partition coefficient (Wildman–Crippen LogP) is 2.02. The fourth-order valence-corrected chi connectivity index (χ4v) is 2.76. The summed E-state index contributed by atoms with van der Waals surface area (Å²) in [6.45, 7) is 0. The Hall–Kier alpha value is -1.34. The summed E-state index contributed by atoms with van der Waals surface area (Å²) in [5.74, 6) is 0.525. The maximum absolute atomic E-state index is 11.5. The number of fused-ring (bicyclic) bond motifs is 1. The first-order valence-electron chi connectivity index (χ1n) is 4.93. The Labute approximate surface area is 91.6 Å². The van der Waals surface area contributed by atoms with E-state index in [4.69, 9.17) is 5.26 Å². The lowest BCUT2D eigenvalue weighted by molar-refractivity contribution is 0.686. The molecule has 0 saturated carbocycles. The molecule has 0 spiro atoms. The zero-order valence-electron chi connectivity index (χ0n) is 8.32. The third kappa shape index (κ3) is 2.18. The maximum atomic E-state index is 11.5. The second-order valence-electron chi connectivity index (χ2n) is 3.51. The van der Waals surface area contributed by atoms with E-state index >= 15 is 0 Å². The van der Waals surface area contributed by atoms with Gasteiger partial charge < -0.3 is 5.32 Å². The molecule has 1 aromatic rings. The normalized spacial score (nSPS) is 17.9. The van der Waals surface area contributed by atoms with Gasteiger partial charge in [0.1, 0.15) is 0 Å². The highest BCUT2D eigenvalue weighted by Gasteiger charge is 2.17. The fourth-order valence-electron chi connectivity index (χ4n) is 1.65. The molecular weight excluding hydrogens is 208 g/mol. The molecule has 0 amide bonds. The molecular formula is C11H12N2OS. The lowest BCUT2D eigenvalue weighted by atomic mass is 10.1. The molecule has 0 saturated heterocycles. The van der Waals surface area contributed by atoms with Crippen molar-refractivity contribution in [3.05, 3.63) is 23.8 Å². The van der Waals surface area contributed by atoms with Gasteiger partial charge in [0.25, 0.3) is 0 Å². The van der Waals surface area contributed by atoms with Crippen molar-refractivity contribution in [2.24, 2.45) is 0 Å². The van der Waals surface area contributed by atoms with Crippen molar-refractivity contribution >= 4 is 16.5 Å². The highest BCUT2D eigenvalue weighted by atomic mass is 32.2. The number of hydrogen-bond donors (Lipinski definition) is 1. The quantitative estimate of drug-likeness (QED) is 0.793. The minimum Gasteiger partial charge on any atom is -0.372 e. The molecule has 1 aliphatic rings. The largest absolute Gasteiger partial charge is 0.372 e. The van der Waals surface area contributed by atoms with Crippen molar-refractivity contribution < 1.29 is 4.21 Å². The van der Waals surface area contributed by atoms with Crippen molar-refractivity contribution in [2.75, 3.05) is 11.2 Å². The van der Waals surface area contributed by atoms with Crippen molar-refractivity contribution in [1.82, 2.24) is 0 Å². The van der Waals surface area contributed by atoms with Crippen LogP contribution in [0.5, 0.6) is 0 Å². The van der Waals surface area contributed by atoms with Crippen LogP contribution in [0.4, 0.5) is 5.69 Å². The molecule has 0 radical (unpaired) electrons. The molecule has 1 heterocycles. The Kier molecular flexibility index (Phi) is 3.02. The summed E-state index contributed by atoms with van der Waals surface area (Å²) in [5, 5.41) is 11.5. The molecule has 2 rings (SSSR count). The Morgan fingerprint density at radius 1 is 1.53 bits per heavy atom. The molecule has 4 heteroatoms. The summed E-state index contributed by atoms with van der Waals surface area (Å²) in [4.78, 5) is 0.907. The monoisotopic (exact) mass is 220 g/mol. The van der Waals surface area contributed by atoms with E-state index in [2.05, 4.69) is 11.4 Å². The first-order chi connectivity index (χ1) is 7.31. The topological polar surface area (TPSA) is 52.9 Å². The number of aryl methyl sites for hydroxylation is 1. The summed E-state index contributed by atoms with van der Waals surface area (Å²) in [6, 6.07) is 8.12. The van der Waals surface area contributed by atoms with Gasteiger partial charge in [-0.1, -0.05) is 6.07 Å². The molecule has 1 aromatic carbocycles. The van der Waals surface area contributed by atoms with Gasteiger partial charge in [-0.3, -0.25) is 4.21 Å². The number of rotatable bonds is 3. The third-order valence-corrected chi connectivity index (χ3v) is 3.67. The van der Waals surface area contributed by atoms with Crippen LogP contribution in [0.25, 0.3) is 0 Å². The van der Waals surface area contributed by atoms with Crippen LogP contribution in [0, 0.1) is 11.3 Å². The minimum absolute atomic E-state index is 0.525. The average molecular weight is 220 g/mol. The van der Waals surface area contributed by atoms with Crippen molar-refractivity contribution in [1.29, 1.82) is 5.26 Å². The van der Waals surface area contributed by atoms with Gasteiger partial charge in [0.05, 0.1) is 33.3 Å². The zero-order valence-corrected chi connectivity index (χ0v) is 9.14. The number of anilines is 1. The van der Waals surface area contributed by atoms with E-state index in [-0.39, 0.29) is 0 Å². The molecule has 3 nitrogen and oxygen atoms in total. The van der Waals surface area contributed by atoms with E-state index in [1.807, 2.05) is 18.2 Å². The number of unbranched alkanes of at least 4 members (excludes halogenated alkanes) is 1. The van der Waals surface area contributed by atoms with Crippen LogP contribution >= 0.6 is 0 Å². The number of nitriles is 1. The summed E-state index contributed by atoms with van der Waals surface area (Å²) in [5.41, 5.74) is 2.15. The summed E-state index contributed by atoms with van der Waals surface area (Å²) in [7, 11) is -0.892. The molecule has 1 N–H and O–H groups in total. The van der Waals surface area contributed by atoms with Crippen LogP contribution in [0.15, 0.2) is 23.1 Å². The van der Waals surface area contributed by atoms with Gasteiger partial charge >= 0.3 is 0 Å². The maximum Gasteiger partial charge on any atom is 0.0959 e. The summed E-state index contributed by atoms with van der Waals surface area (Å²) in [6.07, 6.45) is 2.34. The van der Waals surface area contributed by atoms with Crippen LogP contribution in [-0.4, -0.2) is 10.1 Å². The van der Waals surface area contributed by atoms with Gasteiger partial charge in [0.2, 0.25) is 0 Å². The highest BCUT2D eigenvalue weighted by molar-refractivity contribution is 7.85.